The fraction of sp³-hybridized carbons (Fsp3) is 0.455. The standard InChI is InChI=1S/C22H31N/c1-4-17-22(2,3)23(18-15-20-11-7-5-8-12-20)19-16-21-13-9-6-10-14-21/h5-14H,4,15-19H2,1-3H3. The van der Waals surface area contributed by atoms with Crippen LogP contribution < -0.4 is 0 Å². The molecule has 0 bridgehead atoms. The van der Waals surface area contributed by atoms with Crippen molar-refractivity contribution in [3.05, 3.63) is 71.8 Å². The number of hydrogen-bond donors (Lipinski definition) is 0. The van der Waals surface area contributed by atoms with Crippen molar-refractivity contribution >= 4 is 0 Å². The molecule has 0 radical (unpaired) electrons. The van der Waals surface area contributed by atoms with Crippen molar-refractivity contribution in [2.24, 2.45) is 0 Å². The van der Waals surface area contributed by atoms with Crippen LogP contribution in [0.5, 0.6) is 0 Å². The number of rotatable bonds is 9. The third kappa shape index (κ3) is 5.84. The van der Waals surface area contributed by atoms with Crippen LogP contribution in [0.3, 0.4) is 0 Å². The van der Waals surface area contributed by atoms with Crippen molar-refractivity contribution in [1.29, 1.82) is 0 Å². The zero-order valence-corrected chi connectivity index (χ0v) is 15.0. The van der Waals surface area contributed by atoms with E-state index in [1.165, 1.54) is 24.0 Å². The van der Waals surface area contributed by atoms with E-state index < -0.39 is 0 Å². The van der Waals surface area contributed by atoms with E-state index in [4.69, 9.17) is 0 Å². The SMILES string of the molecule is CCCC(C)(C)N(CCc1ccccc1)CCc1ccccc1. The van der Waals surface area contributed by atoms with Crippen molar-refractivity contribution in [1.82, 2.24) is 4.90 Å². The highest BCUT2D eigenvalue weighted by molar-refractivity contribution is 5.16. The number of hydrogen-bond acceptors (Lipinski definition) is 1. The predicted octanol–water partition coefficient (Wildman–Crippen LogP) is 5.35. The van der Waals surface area contributed by atoms with E-state index >= 15 is 0 Å². The topological polar surface area (TPSA) is 3.24 Å². The zero-order valence-electron chi connectivity index (χ0n) is 15.0. The highest BCUT2D eigenvalue weighted by Crippen LogP contribution is 2.22. The monoisotopic (exact) mass is 309 g/mol. The van der Waals surface area contributed by atoms with Gasteiger partial charge < -0.3 is 0 Å². The maximum absolute atomic E-state index is 2.68. The van der Waals surface area contributed by atoms with Crippen molar-refractivity contribution in [2.45, 2.75) is 52.0 Å². The summed E-state index contributed by atoms with van der Waals surface area (Å²) in [7, 11) is 0. The molecule has 2 rings (SSSR count). The number of nitrogens with zero attached hydrogens (tertiary/aromatic N) is 1. The van der Waals surface area contributed by atoms with Gasteiger partial charge in [-0.05, 0) is 44.2 Å². The van der Waals surface area contributed by atoms with Gasteiger partial charge in [0.1, 0.15) is 0 Å². The van der Waals surface area contributed by atoms with Gasteiger partial charge in [0.05, 0.1) is 0 Å². The molecule has 1 heteroatoms. The van der Waals surface area contributed by atoms with Gasteiger partial charge in [-0.3, -0.25) is 4.90 Å². The first kappa shape index (κ1) is 17.7. The maximum Gasteiger partial charge on any atom is 0.0153 e. The summed E-state index contributed by atoms with van der Waals surface area (Å²) in [5.41, 5.74) is 3.13. The fourth-order valence-electron chi connectivity index (χ4n) is 3.30. The summed E-state index contributed by atoms with van der Waals surface area (Å²) in [5, 5.41) is 0. The van der Waals surface area contributed by atoms with Crippen LogP contribution in [0, 0.1) is 0 Å². The Morgan fingerprint density at radius 2 is 1.17 bits per heavy atom. The molecular formula is C22H31N. The van der Waals surface area contributed by atoms with E-state index in [9.17, 15) is 0 Å². The van der Waals surface area contributed by atoms with Crippen LogP contribution in [0.1, 0.15) is 44.7 Å². The normalized spacial score (nSPS) is 11.8. The second kappa shape index (κ2) is 8.88. The van der Waals surface area contributed by atoms with Crippen molar-refractivity contribution < 1.29 is 0 Å². The smallest absolute Gasteiger partial charge is 0.0153 e. The molecule has 0 fully saturated rings. The molecule has 0 heterocycles. The molecule has 0 amide bonds. The molecule has 0 saturated carbocycles. The Morgan fingerprint density at radius 1 is 0.739 bits per heavy atom. The lowest BCUT2D eigenvalue weighted by atomic mass is 9.95. The van der Waals surface area contributed by atoms with Gasteiger partial charge in [0.25, 0.3) is 0 Å². The summed E-state index contributed by atoms with van der Waals surface area (Å²) in [6, 6.07) is 21.7. The zero-order chi connectivity index (χ0) is 16.5. The van der Waals surface area contributed by atoms with Crippen LogP contribution in [-0.2, 0) is 12.8 Å². The van der Waals surface area contributed by atoms with Gasteiger partial charge in [-0.2, -0.15) is 0 Å². The molecule has 0 unspecified atom stereocenters. The second-order valence-electron chi connectivity index (χ2n) is 7.02. The van der Waals surface area contributed by atoms with Crippen molar-refractivity contribution in [2.75, 3.05) is 13.1 Å². The molecule has 2 aromatic rings. The van der Waals surface area contributed by atoms with E-state index in [0.29, 0.717) is 0 Å². The highest BCUT2D eigenvalue weighted by atomic mass is 15.2. The Hall–Kier alpha value is -1.60. The summed E-state index contributed by atoms with van der Waals surface area (Å²) < 4.78 is 0. The first-order chi connectivity index (χ1) is 11.1. The summed E-state index contributed by atoms with van der Waals surface area (Å²) in [5.74, 6) is 0. The molecule has 0 saturated heterocycles. The summed E-state index contributed by atoms with van der Waals surface area (Å²) in [6.07, 6.45) is 4.74. The van der Waals surface area contributed by atoms with Crippen LogP contribution in [0.15, 0.2) is 60.7 Å². The molecule has 124 valence electrons. The van der Waals surface area contributed by atoms with Gasteiger partial charge >= 0.3 is 0 Å². The lowest BCUT2D eigenvalue weighted by Crippen LogP contribution is -2.46. The minimum Gasteiger partial charge on any atom is -0.298 e. The first-order valence-electron chi connectivity index (χ1n) is 8.95. The Morgan fingerprint density at radius 3 is 1.57 bits per heavy atom. The highest BCUT2D eigenvalue weighted by Gasteiger charge is 2.25. The summed E-state index contributed by atoms with van der Waals surface area (Å²) in [4.78, 5) is 2.68. The van der Waals surface area contributed by atoms with Crippen LogP contribution in [0.4, 0.5) is 0 Å². The maximum atomic E-state index is 2.68. The Kier molecular flexibility index (Phi) is 6.85. The van der Waals surface area contributed by atoms with Gasteiger partial charge in [0, 0.05) is 18.6 Å². The Labute approximate surface area is 142 Å². The summed E-state index contributed by atoms with van der Waals surface area (Å²) >= 11 is 0. The molecule has 0 N–H and O–H groups in total. The largest absolute Gasteiger partial charge is 0.298 e. The minimum absolute atomic E-state index is 0.262. The van der Waals surface area contributed by atoms with Gasteiger partial charge in [-0.1, -0.05) is 74.0 Å². The average Bonchev–Trinajstić information content (AvgIpc) is 2.56. The van der Waals surface area contributed by atoms with Crippen molar-refractivity contribution in [3.8, 4) is 0 Å². The minimum atomic E-state index is 0.262. The quantitative estimate of drug-likeness (QED) is 0.603. The lowest BCUT2D eigenvalue weighted by molar-refractivity contribution is 0.113. The second-order valence-corrected chi connectivity index (χ2v) is 7.02. The molecule has 0 aliphatic rings. The van der Waals surface area contributed by atoms with Crippen LogP contribution in [0.2, 0.25) is 0 Å². The van der Waals surface area contributed by atoms with Gasteiger partial charge in [0.2, 0.25) is 0 Å². The lowest BCUT2D eigenvalue weighted by Gasteiger charge is -2.39. The van der Waals surface area contributed by atoms with Gasteiger partial charge in [-0.15, -0.1) is 0 Å². The third-order valence-corrected chi connectivity index (χ3v) is 4.74. The molecule has 23 heavy (non-hydrogen) atoms. The first-order valence-corrected chi connectivity index (χ1v) is 8.95. The fourth-order valence-corrected chi connectivity index (χ4v) is 3.30. The Bertz CT molecular complexity index is 501. The van der Waals surface area contributed by atoms with E-state index in [1.54, 1.807) is 0 Å². The number of benzene rings is 2. The molecule has 0 aliphatic heterocycles. The van der Waals surface area contributed by atoms with Crippen LogP contribution >= 0.6 is 0 Å². The van der Waals surface area contributed by atoms with Crippen LogP contribution in [0.25, 0.3) is 0 Å². The third-order valence-electron chi connectivity index (χ3n) is 4.74. The summed E-state index contributed by atoms with van der Waals surface area (Å²) in [6.45, 7) is 9.33. The molecule has 2 aromatic carbocycles. The van der Waals surface area contributed by atoms with E-state index in [0.717, 1.165) is 25.9 Å². The van der Waals surface area contributed by atoms with E-state index in [2.05, 4.69) is 86.3 Å². The molecule has 0 spiro atoms. The van der Waals surface area contributed by atoms with Crippen LogP contribution in [-0.4, -0.2) is 23.5 Å². The molecule has 0 aromatic heterocycles. The van der Waals surface area contributed by atoms with E-state index in [1.807, 2.05) is 0 Å². The molecule has 0 aliphatic carbocycles. The van der Waals surface area contributed by atoms with Gasteiger partial charge in [0.15, 0.2) is 0 Å². The van der Waals surface area contributed by atoms with Crippen molar-refractivity contribution in [3.63, 3.8) is 0 Å². The molecule has 1 nitrogen and oxygen atoms in total. The Balaban J connectivity index is 1.99. The molecule has 0 atom stereocenters. The van der Waals surface area contributed by atoms with E-state index in [-0.39, 0.29) is 5.54 Å². The average molecular weight is 309 g/mol. The predicted molar refractivity (Wildman–Crippen MR) is 101 cm³/mol. The van der Waals surface area contributed by atoms with Gasteiger partial charge in [-0.25, -0.2) is 0 Å². The molecular weight excluding hydrogens is 278 g/mol.